The number of Topliss-reactive ketones (excluding diaryl/α,β-unsaturated/α-hetero) is 1. The van der Waals surface area contributed by atoms with Crippen LogP contribution in [0.3, 0.4) is 0 Å². The van der Waals surface area contributed by atoms with Crippen molar-refractivity contribution in [3.05, 3.63) is 0 Å². The molecule has 0 amide bonds. The van der Waals surface area contributed by atoms with Crippen molar-refractivity contribution in [2.45, 2.75) is 52.6 Å². The Hall–Kier alpha value is -1.43. The Balaban J connectivity index is 4.52. The summed E-state index contributed by atoms with van der Waals surface area (Å²) in [7, 11) is 0. The maximum Gasteiger partial charge on any atom is 0.336 e. The minimum atomic E-state index is -1.81. The van der Waals surface area contributed by atoms with Gasteiger partial charge >= 0.3 is 11.9 Å². The lowest BCUT2D eigenvalue weighted by Gasteiger charge is -2.18. The summed E-state index contributed by atoms with van der Waals surface area (Å²) in [5.74, 6) is -3.98. The zero-order valence-electron chi connectivity index (χ0n) is 12.4. The Labute approximate surface area is 119 Å². The Morgan fingerprint density at radius 2 is 1.40 bits per heavy atom. The van der Waals surface area contributed by atoms with Gasteiger partial charge in [0, 0.05) is 0 Å². The van der Waals surface area contributed by atoms with Crippen LogP contribution in [0.1, 0.15) is 46.5 Å². The second-order valence-corrected chi connectivity index (χ2v) is 4.58. The van der Waals surface area contributed by atoms with E-state index in [0.29, 0.717) is 12.8 Å². The number of rotatable bonds is 10. The Kier molecular flexibility index (Phi) is 9.63. The molecule has 0 bridgehead atoms. The van der Waals surface area contributed by atoms with E-state index in [4.69, 9.17) is 9.47 Å². The van der Waals surface area contributed by atoms with E-state index in [9.17, 15) is 19.5 Å². The molecule has 0 rings (SSSR count). The maximum atomic E-state index is 11.7. The molecular formula is C14H24O6. The van der Waals surface area contributed by atoms with Gasteiger partial charge in [0.25, 0.3) is 0 Å². The topological polar surface area (TPSA) is 89.9 Å². The van der Waals surface area contributed by atoms with Crippen molar-refractivity contribution < 1.29 is 29.0 Å². The third kappa shape index (κ3) is 6.65. The quantitative estimate of drug-likeness (QED) is 0.369. The molecule has 0 fully saturated rings. The van der Waals surface area contributed by atoms with Gasteiger partial charge in [-0.25, -0.2) is 4.79 Å². The molecule has 1 unspecified atom stereocenters. The molecule has 0 radical (unpaired) electrons. The predicted molar refractivity (Wildman–Crippen MR) is 71.9 cm³/mol. The van der Waals surface area contributed by atoms with Crippen LogP contribution < -0.4 is 0 Å². The summed E-state index contributed by atoms with van der Waals surface area (Å²) in [6, 6.07) is 0. The van der Waals surface area contributed by atoms with Crippen LogP contribution in [-0.4, -0.2) is 42.1 Å². The lowest BCUT2D eigenvalue weighted by Crippen LogP contribution is -2.41. The van der Waals surface area contributed by atoms with Crippen LogP contribution in [0.2, 0.25) is 0 Å². The smallest absolute Gasteiger partial charge is 0.336 e. The maximum absolute atomic E-state index is 11.7. The summed E-state index contributed by atoms with van der Waals surface area (Å²) in [6.07, 6.45) is 1.17. The van der Waals surface area contributed by atoms with Crippen molar-refractivity contribution in [1.82, 2.24) is 0 Å². The number of carbonyl (C=O) groups is 3. The predicted octanol–water partition coefficient (Wildman–Crippen LogP) is 1.24. The van der Waals surface area contributed by atoms with Gasteiger partial charge in [-0.15, -0.1) is 0 Å². The molecule has 0 heterocycles. The monoisotopic (exact) mass is 288 g/mol. The molecule has 0 aromatic carbocycles. The van der Waals surface area contributed by atoms with Crippen LogP contribution in [0.25, 0.3) is 0 Å². The molecule has 6 heteroatoms. The standard InChI is InChI=1S/C14H24O6/c1-4-6-8-19-13(17)11(10(3)15)12(16)14(18)20-9-7-5-2/h11-12,16H,4-9H2,1-3H3/t11?,12-/m1/s1. The molecule has 0 aliphatic heterocycles. The molecular weight excluding hydrogens is 264 g/mol. The Bertz CT molecular complexity index is 326. The van der Waals surface area contributed by atoms with Gasteiger partial charge in [0.1, 0.15) is 5.78 Å². The number of unbranched alkanes of at least 4 members (excludes halogenated alkanes) is 2. The normalized spacial score (nSPS) is 13.4. The van der Waals surface area contributed by atoms with E-state index >= 15 is 0 Å². The van der Waals surface area contributed by atoms with Crippen molar-refractivity contribution in [1.29, 1.82) is 0 Å². The number of hydrogen-bond donors (Lipinski definition) is 1. The number of ether oxygens (including phenoxy) is 2. The third-order valence-corrected chi connectivity index (χ3v) is 2.73. The SMILES string of the molecule is CCCCOC(=O)C(C(C)=O)[C@@H](O)C(=O)OCCCC. The first-order chi connectivity index (χ1) is 9.45. The van der Waals surface area contributed by atoms with E-state index in [-0.39, 0.29) is 13.2 Å². The summed E-state index contributed by atoms with van der Waals surface area (Å²) in [6.45, 7) is 5.30. The van der Waals surface area contributed by atoms with Crippen LogP contribution in [0.4, 0.5) is 0 Å². The molecule has 0 spiro atoms. The zero-order chi connectivity index (χ0) is 15.5. The van der Waals surface area contributed by atoms with Gasteiger partial charge in [-0.05, 0) is 19.8 Å². The largest absolute Gasteiger partial charge is 0.465 e. The molecule has 0 aliphatic carbocycles. The highest BCUT2D eigenvalue weighted by molar-refractivity contribution is 6.02. The van der Waals surface area contributed by atoms with E-state index in [0.717, 1.165) is 19.8 Å². The number of esters is 2. The first kappa shape index (κ1) is 18.6. The summed E-state index contributed by atoms with van der Waals surface area (Å²) in [5, 5.41) is 9.78. The van der Waals surface area contributed by atoms with Crippen molar-refractivity contribution in [2.24, 2.45) is 5.92 Å². The van der Waals surface area contributed by atoms with Crippen molar-refractivity contribution in [2.75, 3.05) is 13.2 Å². The fourth-order valence-corrected chi connectivity index (χ4v) is 1.46. The molecule has 0 aromatic heterocycles. The molecule has 0 saturated carbocycles. The summed E-state index contributed by atoms with van der Waals surface area (Å²) >= 11 is 0. The van der Waals surface area contributed by atoms with Crippen LogP contribution in [0.15, 0.2) is 0 Å². The third-order valence-electron chi connectivity index (χ3n) is 2.73. The van der Waals surface area contributed by atoms with Gasteiger partial charge in [-0.3, -0.25) is 9.59 Å². The average molecular weight is 288 g/mol. The molecule has 0 aromatic rings. The fourth-order valence-electron chi connectivity index (χ4n) is 1.46. The minimum absolute atomic E-state index is 0.155. The van der Waals surface area contributed by atoms with Gasteiger partial charge in [-0.1, -0.05) is 26.7 Å². The summed E-state index contributed by atoms with van der Waals surface area (Å²) in [5.41, 5.74) is 0. The van der Waals surface area contributed by atoms with Crippen LogP contribution in [-0.2, 0) is 23.9 Å². The molecule has 6 nitrogen and oxygen atoms in total. The number of hydrogen-bond acceptors (Lipinski definition) is 6. The molecule has 20 heavy (non-hydrogen) atoms. The van der Waals surface area contributed by atoms with Gasteiger partial charge < -0.3 is 14.6 Å². The van der Waals surface area contributed by atoms with Crippen LogP contribution >= 0.6 is 0 Å². The first-order valence-electron chi connectivity index (χ1n) is 6.97. The second-order valence-electron chi connectivity index (χ2n) is 4.58. The first-order valence-corrected chi connectivity index (χ1v) is 6.97. The second kappa shape index (κ2) is 10.4. The Morgan fingerprint density at radius 1 is 0.950 bits per heavy atom. The average Bonchev–Trinajstić information content (AvgIpc) is 2.38. The number of aliphatic hydroxyl groups excluding tert-OH is 1. The van der Waals surface area contributed by atoms with E-state index < -0.39 is 29.7 Å². The molecule has 0 aliphatic rings. The minimum Gasteiger partial charge on any atom is -0.465 e. The highest BCUT2D eigenvalue weighted by Crippen LogP contribution is 2.11. The highest BCUT2D eigenvalue weighted by Gasteiger charge is 2.38. The molecule has 0 saturated heterocycles. The summed E-state index contributed by atoms with van der Waals surface area (Å²) < 4.78 is 9.68. The van der Waals surface area contributed by atoms with Crippen molar-refractivity contribution in [3.8, 4) is 0 Å². The van der Waals surface area contributed by atoms with Gasteiger partial charge in [0.05, 0.1) is 13.2 Å². The molecule has 116 valence electrons. The Morgan fingerprint density at radius 3 is 1.80 bits per heavy atom. The number of ketones is 1. The number of aliphatic hydroxyl groups is 1. The van der Waals surface area contributed by atoms with Gasteiger partial charge in [0.2, 0.25) is 0 Å². The van der Waals surface area contributed by atoms with Crippen LogP contribution in [0.5, 0.6) is 0 Å². The van der Waals surface area contributed by atoms with E-state index in [1.54, 1.807) is 0 Å². The highest BCUT2D eigenvalue weighted by atomic mass is 16.6. The lowest BCUT2D eigenvalue weighted by molar-refractivity contribution is -0.169. The molecule has 1 N–H and O–H groups in total. The van der Waals surface area contributed by atoms with Crippen molar-refractivity contribution >= 4 is 17.7 Å². The number of carbonyl (C=O) groups excluding carboxylic acids is 3. The van der Waals surface area contributed by atoms with Gasteiger partial charge in [0.15, 0.2) is 12.0 Å². The van der Waals surface area contributed by atoms with Crippen LogP contribution in [0, 0.1) is 5.92 Å². The van der Waals surface area contributed by atoms with Gasteiger partial charge in [-0.2, -0.15) is 0 Å². The fraction of sp³-hybridized carbons (Fsp3) is 0.786. The lowest BCUT2D eigenvalue weighted by atomic mass is 9.98. The molecule has 2 atom stereocenters. The van der Waals surface area contributed by atoms with E-state index in [2.05, 4.69) is 0 Å². The summed E-state index contributed by atoms with van der Waals surface area (Å²) in [4.78, 5) is 34.7. The van der Waals surface area contributed by atoms with Crippen molar-refractivity contribution in [3.63, 3.8) is 0 Å². The van der Waals surface area contributed by atoms with E-state index in [1.165, 1.54) is 0 Å². The van der Waals surface area contributed by atoms with E-state index in [1.807, 2.05) is 13.8 Å². The zero-order valence-corrected chi connectivity index (χ0v) is 12.4.